The monoisotopic (exact) mass is 431 g/mol. The number of ether oxygens (including phenoxy) is 1. The fourth-order valence-electron chi connectivity index (χ4n) is 4.60. The van der Waals surface area contributed by atoms with Crippen molar-refractivity contribution in [3.63, 3.8) is 0 Å². The molecule has 1 N–H and O–H groups in total. The van der Waals surface area contributed by atoms with E-state index < -0.39 is 10.0 Å². The summed E-state index contributed by atoms with van der Waals surface area (Å²) in [6.07, 6.45) is 7.84. The summed E-state index contributed by atoms with van der Waals surface area (Å²) >= 11 is 0. The van der Waals surface area contributed by atoms with Crippen molar-refractivity contribution < 1.29 is 17.9 Å². The van der Waals surface area contributed by atoms with Gasteiger partial charge in [-0.1, -0.05) is 13.8 Å². The molecule has 8 heteroatoms. The lowest BCUT2D eigenvalue weighted by Gasteiger charge is -2.42. The van der Waals surface area contributed by atoms with E-state index in [1.54, 1.807) is 0 Å². The van der Waals surface area contributed by atoms with E-state index in [1.807, 2.05) is 23.9 Å². The van der Waals surface area contributed by atoms with E-state index in [2.05, 4.69) is 18.6 Å². The van der Waals surface area contributed by atoms with Crippen LogP contribution in [0.25, 0.3) is 0 Å². The van der Waals surface area contributed by atoms with Gasteiger partial charge in [-0.05, 0) is 64.5 Å². The molecule has 1 aliphatic carbocycles. The molecule has 2 rings (SSSR count). The maximum atomic E-state index is 12.9. The lowest BCUT2D eigenvalue weighted by molar-refractivity contribution is -0.138. The second-order valence-electron chi connectivity index (χ2n) is 9.46. The molecule has 170 valence electrons. The van der Waals surface area contributed by atoms with Crippen molar-refractivity contribution in [3.8, 4) is 0 Å². The van der Waals surface area contributed by atoms with Crippen molar-refractivity contribution >= 4 is 15.9 Å². The molecule has 7 nitrogen and oxygen atoms in total. The predicted molar refractivity (Wildman–Crippen MR) is 116 cm³/mol. The molecule has 0 bridgehead atoms. The highest BCUT2D eigenvalue weighted by atomic mass is 32.2. The summed E-state index contributed by atoms with van der Waals surface area (Å²) < 4.78 is 32.8. The molecule has 2 atom stereocenters. The summed E-state index contributed by atoms with van der Waals surface area (Å²) in [5, 5.41) is 0. The highest BCUT2D eigenvalue weighted by Gasteiger charge is 2.36. The minimum absolute atomic E-state index is 0.0795. The zero-order valence-electron chi connectivity index (χ0n) is 18.9. The van der Waals surface area contributed by atoms with Crippen LogP contribution in [-0.2, 0) is 19.6 Å². The third-order valence-corrected chi connectivity index (χ3v) is 7.13. The highest BCUT2D eigenvalue weighted by Crippen LogP contribution is 2.32. The molecule has 0 aromatic rings. The van der Waals surface area contributed by atoms with Crippen molar-refractivity contribution in [1.82, 2.24) is 14.5 Å². The molecule has 1 heterocycles. The molecule has 1 amide bonds. The van der Waals surface area contributed by atoms with Gasteiger partial charge in [0.2, 0.25) is 15.9 Å². The van der Waals surface area contributed by atoms with Gasteiger partial charge in [-0.25, -0.2) is 13.1 Å². The molecule has 2 aliphatic rings. The van der Waals surface area contributed by atoms with Crippen molar-refractivity contribution in [2.45, 2.75) is 77.0 Å². The number of nitrogens with one attached hydrogen (secondary N) is 1. The zero-order chi connectivity index (χ0) is 21.6. The first-order valence-corrected chi connectivity index (χ1v) is 13.0. The van der Waals surface area contributed by atoms with Crippen molar-refractivity contribution in [1.29, 1.82) is 0 Å². The normalized spacial score (nSPS) is 28.9. The molecule has 0 aromatic heterocycles. The van der Waals surface area contributed by atoms with Gasteiger partial charge in [-0.2, -0.15) is 0 Å². The molecular formula is C21H41N3O4S. The summed E-state index contributed by atoms with van der Waals surface area (Å²) in [4.78, 5) is 16.7. The first-order valence-electron chi connectivity index (χ1n) is 11.1. The molecule has 0 spiro atoms. The third-order valence-electron chi connectivity index (χ3n) is 6.40. The van der Waals surface area contributed by atoms with Gasteiger partial charge in [0.05, 0.1) is 25.0 Å². The average molecular weight is 432 g/mol. The largest absolute Gasteiger partial charge is 0.376 e. The van der Waals surface area contributed by atoms with Crippen LogP contribution in [0.15, 0.2) is 0 Å². The maximum Gasteiger partial charge on any atom is 0.224 e. The van der Waals surface area contributed by atoms with Gasteiger partial charge >= 0.3 is 0 Å². The Balaban J connectivity index is 2.01. The summed E-state index contributed by atoms with van der Waals surface area (Å²) in [7, 11) is 0.557. The Morgan fingerprint density at radius 1 is 1.17 bits per heavy atom. The number of likely N-dealkylation sites (tertiary alicyclic amines) is 1. The minimum atomic E-state index is -3.34. The number of carbonyl (C=O) groups excluding carboxylic acids is 1. The van der Waals surface area contributed by atoms with Crippen LogP contribution in [0.3, 0.4) is 0 Å². The predicted octanol–water partition coefficient (Wildman–Crippen LogP) is 2.08. The lowest BCUT2D eigenvalue weighted by atomic mass is 9.80. The van der Waals surface area contributed by atoms with Crippen LogP contribution in [0.1, 0.15) is 58.8 Å². The van der Waals surface area contributed by atoms with E-state index in [4.69, 9.17) is 4.74 Å². The molecule has 2 fully saturated rings. The zero-order valence-corrected chi connectivity index (χ0v) is 19.7. The van der Waals surface area contributed by atoms with Crippen LogP contribution < -0.4 is 4.72 Å². The minimum Gasteiger partial charge on any atom is -0.376 e. The lowest BCUT2D eigenvalue weighted by Crippen LogP contribution is -2.59. The molecule has 2 unspecified atom stereocenters. The van der Waals surface area contributed by atoms with Gasteiger partial charge < -0.3 is 14.5 Å². The summed E-state index contributed by atoms with van der Waals surface area (Å²) in [5.41, 5.74) is 0. The van der Waals surface area contributed by atoms with Gasteiger partial charge in [0.1, 0.15) is 0 Å². The van der Waals surface area contributed by atoms with Crippen LogP contribution in [0.2, 0.25) is 0 Å². The Bertz CT molecular complexity index is 615. The number of rotatable bonds is 9. The number of nitrogens with zero attached hydrogens (tertiary/aromatic N) is 2. The first-order chi connectivity index (χ1) is 13.6. The van der Waals surface area contributed by atoms with Gasteiger partial charge in [-0.15, -0.1) is 0 Å². The fourth-order valence-corrected chi connectivity index (χ4v) is 5.43. The number of sulfonamides is 1. The Morgan fingerprint density at radius 2 is 1.83 bits per heavy atom. The Morgan fingerprint density at radius 3 is 2.38 bits per heavy atom. The second-order valence-corrected chi connectivity index (χ2v) is 11.2. The summed E-state index contributed by atoms with van der Waals surface area (Å²) in [5.74, 6) is 1.56. The molecule has 0 radical (unpaired) electrons. The number of carbonyl (C=O) groups is 1. The molecule has 29 heavy (non-hydrogen) atoms. The third kappa shape index (κ3) is 8.15. The van der Waals surface area contributed by atoms with Crippen molar-refractivity contribution in [3.05, 3.63) is 0 Å². The first kappa shape index (κ1) is 24.6. The standard InChI is InChI=1S/C21H41N3O4S/c1-16(2)17-8-10-18(11-9-17)28-15-20-19(22-29(5,26)27)7-6-13-24(20)21(25)12-14-23(3)4/h16-20,22H,6-15H2,1-5H3. The number of hydrogen-bond donors (Lipinski definition) is 1. The highest BCUT2D eigenvalue weighted by molar-refractivity contribution is 7.88. The van der Waals surface area contributed by atoms with E-state index in [0.717, 1.165) is 31.6 Å². The summed E-state index contributed by atoms with van der Waals surface area (Å²) in [6.45, 7) is 6.33. The second kappa shape index (κ2) is 11.1. The van der Waals surface area contributed by atoms with E-state index in [1.165, 1.54) is 19.1 Å². The van der Waals surface area contributed by atoms with Gasteiger partial charge in [0.15, 0.2) is 0 Å². The van der Waals surface area contributed by atoms with E-state index in [0.29, 0.717) is 32.0 Å². The molecule has 1 saturated carbocycles. The Hall–Kier alpha value is -0.700. The van der Waals surface area contributed by atoms with Crippen LogP contribution in [0, 0.1) is 11.8 Å². The molecular weight excluding hydrogens is 390 g/mol. The van der Waals surface area contributed by atoms with Crippen LogP contribution in [0.4, 0.5) is 0 Å². The van der Waals surface area contributed by atoms with Crippen LogP contribution in [-0.4, -0.2) is 82.4 Å². The van der Waals surface area contributed by atoms with Crippen molar-refractivity contribution in [2.75, 3.05) is 40.0 Å². The van der Waals surface area contributed by atoms with Gasteiger partial charge in [0.25, 0.3) is 0 Å². The topological polar surface area (TPSA) is 79.0 Å². The molecule has 1 aliphatic heterocycles. The van der Waals surface area contributed by atoms with E-state index in [-0.39, 0.29) is 24.1 Å². The summed E-state index contributed by atoms with van der Waals surface area (Å²) in [6, 6.07) is -0.523. The van der Waals surface area contributed by atoms with Gasteiger partial charge in [0, 0.05) is 25.6 Å². The quantitative estimate of drug-likeness (QED) is 0.605. The van der Waals surface area contributed by atoms with Crippen LogP contribution in [0.5, 0.6) is 0 Å². The van der Waals surface area contributed by atoms with E-state index >= 15 is 0 Å². The molecule has 0 aromatic carbocycles. The van der Waals surface area contributed by atoms with Gasteiger partial charge in [-0.3, -0.25) is 4.79 Å². The van der Waals surface area contributed by atoms with Crippen LogP contribution >= 0.6 is 0 Å². The average Bonchev–Trinajstić information content (AvgIpc) is 2.64. The fraction of sp³-hybridized carbons (Fsp3) is 0.952. The Labute approximate surface area is 177 Å². The Kier molecular flexibility index (Phi) is 9.38. The van der Waals surface area contributed by atoms with E-state index in [9.17, 15) is 13.2 Å². The molecule has 1 saturated heterocycles. The smallest absolute Gasteiger partial charge is 0.224 e. The number of piperidine rings is 1. The maximum absolute atomic E-state index is 12.9. The van der Waals surface area contributed by atoms with Crippen molar-refractivity contribution in [2.24, 2.45) is 11.8 Å². The SMILES string of the molecule is CC(C)C1CCC(OCC2C(NS(C)(=O)=O)CCCN2C(=O)CCN(C)C)CC1. The number of amides is 1. The number of hydrogen-bond acceptors (Lipinski definition) is 5.